The first kappa shape index (κ1) is 18.2. The molecular weight excluding hydrogens is 450 g/mol. The molecule has 1 aromatic heterocycles. The first-order valence-electron chi connectivity index (χ1n) is 7.83. The van der Waals surface area contributed by atoms with Crippen molar-refractivity contribution in [2.45, 2.75) is 6.92 Å². The first-order valence-corrected chi connectivity index (χ1v) is 8.91. The number of nitrogens with zero attached hydrogens (tertiary/aromatic N) is 1. The zero-order valence-electron chi connectivity index (χ0n) is 13.9. The van der Waals surface area contributed by atoms with E-state index in [0.29, 0.717) is 37.7 Å². The van der Waals surface area contributed by atoms with Gasteiger partial charge >= 0.3 is 0 Å². The number of phenols is 1. The number of aromatic hydroxyl groups is 1. The summed E-state index contributed by atoms with van der Waals surface area (Å²) < 4.78 is 20.4. The summed E-state index contributed by atoms with van der Waals surface area (Å²) in [5, 5.41) is 13.7. The first-order chi connectivity index (χ1) is 12.4. The molecule has 0 bridgehead atoms. The monoisotopic (exact) mass is 466 g/mol. The van der Waals surface area contributed by atoms with Gasteiger partial charge in [0.25, 0.3) is 5.56 Å². The number of hydrogen-bond acceptors (Lipinski definition) is 3. The van der Waals surface area contributed by atoms with Crippen molar-refractivity contribution in [3.05, 3.63) is 72.3 Å². The second-order valence-corrected chi connectivity index (χ2v) is 6.71. The van der Waals surface area contributed by atoms with Crippen molar-refractivity contribution in [3.63, 3.8) is 0 Å². The summed E-state index contributed by atoms with van der Waals surface area (Å²) >= 11 is 2.00. The van der Waals surface area contributed by atoms with Gasteiger partial charge in [-0.25, -0.2) is 9.07 Å². The SMILES string of the molecule is C=c1[nH]n(-c2ccc(F)cc2)c(=O)/c1=C/c1cc(I)c(O)c(OCC)c1. The van der Waals surface area contributed by atoms with Gasteiger partial charge < -0.3 is 9.84 Å². The van der Waals surface area contributed by atoms with E-state index in [1.165, 1.54) is 28.9 Å². The zero-order chi connectivity index (χ0) is 18.8. The average Bonchev–Trinajstić information content (AvgIpc) is 2.88. The summed E-state index contributed by atoms with van der Waals surface area (Å²) in [6.45, 7) is 6.11. The Balaban J connectivity index is 2.15. The summed E-state index contributed by atoms with van der Waals surface area (Å²) in [5.41, 5.74) is 0.904. The normalized spacial score (nSPS) is 11.7. The highest BCUT2D eigenvalue weighted by Crippen LogP contribution is 2.32. The number of rotatable bonds is 4. The van der Waals surface area contributed by atoms with Crippen molar-refractivity contribution in [1.29, 1.82) is 0 Å². The van der Waals surface area contributed by atoms with Crippen LogP contribution >= 0.6 is 22.6 Å². The minimum atomic E-state index is -0.378. The Bertz CT molecular complexity index is 1120. The Kier molecular flexibility index (Phi) is 5.17. The fourth-order valence-electron chi connectivity index (χ4n) is 2.53. The summed E-state index contributed by atoms with van der Waals surface area (Å²) in [5.74, 6) is 0.0417. The van der Waals surface area contributed by atoms with Crippen LogP contribution in [0.25, 0.3) is 18.3 Å². The van der Waals surface area contributed by atoms with Crippen LogP contribution in [0.5, 0.6) is 11.5 Å². The maximum Gasteiger partial charge on any atom is 0.279 e. The molecule has 0 unspecified atom stereocenters. The molecule has 0 aliphatic carbocycles. The Hall–Kier alpha value is -2.55. The number of phenolic OH excluding ortho intramolecular Hbond substituents is 1. The van der Waals surface area contributed by atoms with Crippen molar-refractivity contribution in [2.24, 2.45) is 0 Å². The molecule has 1 heterocycles. The van der Waals surface area contributed by atoms with E-state index < -0.39 is 0 Å². The van der Waals surface area contributed by atoms with Gasteiger partial charge in [0.2, 0.25) is 0 Å². The average molecular weight is 466 g/mol. The Morgan fingerprint density at radius 2 is 2.04 bits per heavy atom. The quantitative estimate of drug-likeness (QED) is 0.580. The number of aromatic nitrogens is 2. The van der Waals surface area contributed by atoms with Crippen LogP contribution < -0.4 is 20.9 Å². The van der Waals surface area contributed by atoms with Crippen LogP contribution in [-0.2, 0) is 0 Å². The smallest absolute Gasteiger partial charge is 0.279 e. The van der Waals surface area contributed by atoms with E-state index >= 15 is 0 Å². The maximum atomic E-state index is 13.1. The summed E-state index contributed by atoms with van der Waals surface area (Å²) in [6.07, 6.45) is 1.67. The molecular formula is C19H16FIN2O3. The fourth-order valence-corrected chi connectivity index (χ4v) is 3.15. The molecule has 0 fully saturated rings. The predicted octanol–water partition coefficient (Wildman–Crippen LogP) is 2.25. The van der Waals surface area contributed by atoms with Gasteiger partial charge in [0, 0.05) is 0 Å². The molecule has 0 saturated heterocycles. The van der Waals surface area contributed by atoms with E-state index in [1.54, 1.807) is 18.2 Å². The van der Waals surface area contributed by atoms with Gasteiger partial charge in [0.15, 0.2) is 11.5 Å². The topological polar surface area (TPSA) is 67.2 Å². The van der Waals surface area contributed by atoms with Gasteiger partial charge in [-0.1, -0.05) is 6.58 Å². The lowest BCUT2D eigenvalue weighted by atomic mass is 10.1. The lowest BCUT2D eigenvalue weighted by Crippen LogP contribution is -2.33. The van der Waals surface area contributed by atoms with E-state index in [-0.39, 0.29) is 17.1 Å². The number of ether oxygens (including phenoxy) is 1. The molecule has 0 radical (unpaired) electrons. The second-order valence-electron chi connectivity index (χ2n) is 5.55. The van der Waals surface area contributed by atoms with E-state index in [0.717, 1.165) is 0 Å². The molecule has 2 aromatic carbocycles. The van der Waals surface area contributed by atoms with Gasteiger partial charge in [0.1, 0.15) is 5.82 Å². The minimum Gasteiger partial charge on any atom is -0.504 e. The molecule has 26 heavy (non-hydrogen) atoms. The van der Waals surface area contributed by atoms with Crippen LogP contribution in [0.15, 0.2) is 41.2 Å². The zero-order valence-corrected chi connectivity index (χ0v) is 16.1. The van der Waals surface area contributed by atoms with Crippen LogP contribution in [0.1, 0.15) is 12.5 Å². The molecule has 5 nitrogen and oxygen atoms in total. The number of benzene rings is 2. The molecule has 0 aliphatic rings. The lowest BCUT2D eigenvalue weighted by molar-refractivity contribution is 0.317. The fraction of sp³-hybridized carbons (Fsp3) is 0.105. The minimum absolute atomic E-state index is 0.0669. The molecule has 3 rings (SSSR count). The van der Waals surface area contributed by atoms with Gasteiger partial charge in [0.05, 0.1) is 26.4 Å². The molecule has 2 N–H and O–H groups in total. The molecule has 134 valence electrons. The van der Waals surface area contributed by atoms with Crippen molar-refractivity contribution >= 4 is 35.2 Å². The maximum absolute atomic E-state index is 13.1. The molecule has 0 aliphatic heterocycles. The third-order valence-corrected chi connectivity index (χ3v) is 4.57. The highest BCUT2D eigenvalue weighted by atomic mass is 127. The summed E-state index contributed by atoms with van der Waals surface area (Å²) in [7, 11) is 0. The van der Waals surface area contributed by atoms with E-state index in [9.17, 15) is 14.3 Å². The Morgan fingerprint density at radius 3 is 2.69 bits per heavy atom. The molecule has 7 heteroatoms. The number of aromatic amines is 1. The van der Waals surface area contributed by atoms with E-state index in [1.807, 2.05) is 29.5 Å². The van der Waals surface area contributed by atoms with Crippen molar-refractivity contribution in [2.75, 3.05) is 6.61 Å². The van der Waals surface area contributed by atoms with Gasteiger partial charge in [-0.3, -0.25) is 9.89 Å². The van der Waals surface area contributed by atoms with E-state index in [2.05, 4.69) is 11.7 Å². The van der Waals surface area contributed by atoms with Crippen molar-refractivity contribution in [1.82, 2.24) is 9.78 Å². The van der Waals surface area contributed by atoms with Crippen LogP contribution in [0, 0.1) is 9.39 Å². The van der Waals surface area contributed by atoms with Crippen molar-refractivity contribution < 1.29 is 14.2 Å². The second kappa shape index (κ2) is 7.36. The Labute approximate surface area is 162 Å². The number of halogens is 2. The van der Waals surface area contributed by atoms with E-state index in [4.69, 9.17) is 4.74 Å². The summed E-state index contributed by atoms with van der Waals surface area (Å²) in [4.78, 5) is 12.7. The number of H-pyrrole nitrogens is 1. The van der Waals surface area contributed by atoms with Crippen LogP contribution in [0.2, 0.25) is 0 Å². The van der Waals surface area contributed by atoms with Crippen LogP contribution in [0.3, 0.4) is 0 Å². The molecule has 0 amide bonds. The highest BCUT2D eigenvalue weighted by Gasteiger charge is 2.10. The third-order valence-electron chi connectivity index (χ3n) is 3.75. The number of nitrogens with one attached hydrogen (secondary N) is 1. The standard InChI is InChI=1S/C19H16FIN2O3/c1-3-26-17-10-12(9-16(21)18(17)24)8-15-11(2)22-23(19(15)25)14-6-4-13(20)5-7-14/h4-10,22,24H,2-3H2,1H3/b15-8+. The largest absolute Gasteiger partial charge is 0.504 e. The number of hydrogen-bond donors (Lipinski definition) is 2. The predicted molar refractivity (Wildman–Crippen MR) is 107 cm³/mol. The highest BCUT2D eigenvalue weighted by molar-refractivity contribution is 14.1. The molecule has 0 saturated carbocycles. The van der Waals surface area contributed by atoms with Gasteiger partial charge in [-0.15, -0.1) is 0 Å². The summed E-state index contributed by atoms with van der Waals surface area (Å²) in [6, 6.07) is 8.98. The third kappa shape index (κ3) is 3.52. The molecule has 0 spiro atoms. The van der Waals surface area contributed by atoms with Gasteiger partial charge in [-0.05, 0) is 77.6 Å². The molecule has 3 aromatic rings. The van der Waals surface area contributed by atoms with Gasteiger partial charge in [-0.2, -0.15) is 0 Å². The van der Waals surface area contributed by atoms with Crippen LogP contribution in [-0.4, -0.2) is 21.5 Å². The van der Waals surface area contributed by atoms with Crippen LogP contribution in [0.4, 0.5) is 4.39 Å². The van der Waals surface area contributed by atoms with Crippen molar-refractivity contribution in [3.8, 4) is 17.2 Å². The lowest BCUT2D eigenvalue weighted by Gasteiger charge is -2.08. The molecule has 0 atom stereocenters. The Morgan fingerprint density at radius 1 is 1.35 bits per heavy atom.